The summed E-state index contributed by atoms with van der Waals surface area (Å²) in [5, 5.41) is 20.9. The van der Waals surface area contributed by atoms with E-state index in [1.54, 1.807) is 0 Å². The number of hydrogen-bond donors (Lipinski definition) is 3. The fourth-order valence-corrected chi connectivity index (χ4v) is 1.62. The van der Waals surface area contributed by atoms with Crippen LogP contribution in [0.1, 0.15) is 17.3 Å². The Balaban J connectivity index is 2.86. The van der Waals surface area contributed by atoms with Gasteiger partial charge in [-0.3, -0.25) is 0 Å². The lowest BCUT2D eigenvalue weighted by Crippen LogP contribution is -2.37. The highest BCUT2D eigenvalue weighted by Gasteiger charge is 2.16. The van der Waals surface area contributed by atoms with Crippen LogP contribution in [0.4, 0.5) is 10.5 Å². The third kappa shape index (κ3) is 4.13. The summed E-state index contributed by atoms with van der Waals surface area (Å²) in [5.74, 6) is -1.40. The first kappa shape index (κ1) is 15.8. The molecule has 0 heterocycles. The van der Waals surface area contributed by atoms with Crippen LogP contribution in [0.3, 0.4) is 0 Å². The van der Waals surface area contributed by atoms with Crippen LogP contribution >= 0.6 is 0 Å². The summed E-state index contributed by atoms with van der Waals surface area (Å²) in [7, 11) is 1.54. The molecule has 0 atom stereocenters. The second kappa shape index (κ2) is 7.34. The second-order valence-electron chi connectivity index (χ2n) is 4.04. The first-order chi connectivity index (χ1) is 9.49. The Kier molecular flexibility index (Phi) is 5.79. The fraction of sp³-hybridized carbons (Fsp3) is 0.385. The predicted octanol–water partition coefficient (Wildman–Crippen LogP) is 1.59. The van der Waals surface area contributed by atoms with E-state index < -0.39 is 12.0 Å². The molecule has 0 bridgehead atoms. The zero-order valence-corrected chi connectivity index (χ0v) is 11.4. The van der Waals surface area contributed by atoms with Gasteiger partial charge in [0, 0.05) is 20.2 Å². The highest BCUT2D eigenvalue weighted by molar-refractivity contribution is 6.00. The quantitative estimate of drug-likeness (QED) is 0.688. The molecule has 3 N–H and O–H groups in total. The number of nitrogens with one attached hydrogen (secondary N) is 1. The van der Waals surface area contributed by atoms with E-state index in [2.05, 4.69) is 5.32 Å². The zero-order valence-electron chi connectivity index (χ0n) is 11.4. The molecular formula is C13H18N2O5. The molecule has 0 unspecified atom stereocenters. The van der Waals surface area contributed by atoms with Crippen molar-refractivity contribution in [3.8, 4) is 5.75 Å². The van der Waals surface area contributed by atoms with Crippen LogP contribution < -0.4 is 5.32 Å². The van der Waals surface area contributed by atoms with Gasteiger partial charge < -0.3 is 25.2 Å². The van der Waals surface area contributed by atoms with Crippen molar-refractivity contribution in [2.24, 2.45) is 0 Å². The molecule has 0 aliphatic heterocycles. The molecule has 1 aromatic carbocycles. The Morgan fingerprint density at radius 1 is 1.40 bits per heavy atom. The van der Waals surface area contributed by atoms with Crippen molar-refractivity contribution >= 4 is 17.7 Å². The van der Waals surface area contributed by atoms with Crippen LogP contribution in [0, 0.1) is 0 Å². The molecule has 0 spiro atoms. The number of carboxylic acid groups (broad SMARTS) is 1. The van der Waals surface area contributed by atoms with Crippen molar-refractivity contribution in [2.75, 3.05) is 32.1 Å². The normalized spacial score (nSPS) is 10.1. The van der Waals surface area contributed by atoms with Gasteiger partial charge in [0.25, 0.3) is 0 Å². The Hall–Kier alpha value is -2.28. The molecule has 0 saturated carbocycles. The molecule has 7 heteroatoms. The lowest BCUT2D eigenvalue weighted by molar-refractivity contribution is 0.0697. The number of rotatable bonds is 6. The number of carbonyl (C=O) groups is 2. The van der Waals surface area contributed by atoms with Gasteiger partial charge in [-0.1, -0.05) is 0 Å². The second-order valence-corrected chi connectivity index (χ2v) is 4.04. The third-order valence-corrected chi connectivity index (χ3v) is 2.71. The van der Waals surface area contributed by atoms with Crippen LogP contribution in [0.2, 0.25) is 0 Å². The van der Waals surface area contributed by atoms with Gasteiger partial charge in [-0.05, 0) is 25.1 Å². The van der Waals surface area contributed by atoms with Crippen LogP contribution in [-0.4, -0.2) is 53.9 Å². The Morgan fingerprint density at radius 2 is 2.10 bits per heavy atom. The molecular weight excluding hydrogens is 264 g/mol. The molecule has 0 aromatic heterocycles. The van der Waals surface area contributed by atoms with E-state index in [1.807, 2.05) is 6.92 Å². The largest absolute Gasteiger partial charge is 0.508 e. The molecule has 0 aliphatic carbocycles. The van der Waals surface area contributed by atoms with E-state index in [9.17, 15) is 14.7 Å². The number of urea groups is 1. The van der Waals surface area contributed by atoms with Crippen molar-refractivity contribution in [1.82, 2.24) is 4.90 Å². The number of carboxylic acids is 1. The topological polar surface area (TPSA) is 99.1 Å². The minimum atomic E-state index is -1.23. The number of aromatic carboxylic acids is 1. The molecule has 1 aromatic rings. The van der Waals surface area contributed by atoms with E-state index in [-0.39, 0.29) is 17.0 Å². The molecule has 0 fully saturated rings. The van der Waals surface area contributed by atoms with Crippen LogP contribution in [0.25, 0.3) is 0 Å². The van der Waals surface area contributed by atoms with Gasteiger partial charge in [-0.2, -0.15) is 0 Å². The number of aromatic hydroxyl groups is 1. The van der Waals surface area contributed by atoms with Crippen LogP contribution in [0.15, 0.2) is 18.2 Å². The summed E-state index contributed by atoms with van der Waals surface area (Å²) in [5.41, 5.74) is -0.0303. The highest BCUT2D eigenvalue weighted by atomic mass is 16.5. The number of phenolic OH excluding ortho intramolecular Hbond substituents is 1. The van der Waals surface area contributed by atoms with Gasteiger partial charge >= 0.3 is 12.0 Å². The molecule has 7 nitrogen and oxygen atoms in total. The summed E-state index contributed by atoms with van der Waals surface area (Å²) < 4.78 is 4.90. The summed E-state index contributed by atoms with van der Waals surface area (Å²) in [6, 6.07) is 3.33. The number of ether oxygens (including phenoxy) is 1. The summed E-state index contributed by atoms with van der Waals surface area (Å²) in [6.07, 6.45) is 0. The number of benzene rings is 1. The monoisotopic (exact) mass is 282 g/mol. The van der Waals surface area contributed by atoms with Gasteiger partial charge in [-0.25, -0.2) is 9.59 Å². The van der Waals surface area contributed by atoms with Gasteiger partial charge in [-0.15, -0.1) is 0 Å². The van der Waals surface area contributed by atoms with Crippen LogP contribution in [-0.2, 0) is 4.74 Å². The average molecular weight is 282 g/mol. The highest BCUT2D eigenvalue weighted by Crippen LogP contribution is 2.21. The molecule has 1 rings (SSSR count). The van der Waals surface area contributed by atoms with E-state index in [4.69, 9.17) is 9.84 Å². The smallest absolute Gasteiger partial charge is 0.337 e. The number of amides is 2. The van der Waals surface area contributed by atoms with E-state index in [1.165, 1.54) is 24.1 Å². The summed E-state index contributed by atoms with van der Waals surface area (Å²) in [6.45, 7) is 3.07. The van der Waals surface area contributed by atoms with Crippen LogP contribution in [0.5, 0.6) is 5.75 Å². The maximum atomic E-state index is 12.0. The minimum Gasteiger partial charge on any atom is -0.508 e. The standard InChI is InChI=1S/C13H18N2O5/c1-3-15(6-7-20-2)13(19)14-11-5-4-9(16)8-10(11)12(17)18/h4-5,8,16H,3,6-7H2,1-2H3,(H,14,19)(H,17,18). The Bertz CT molecular complexity index is 490. The summed E-state index contributed by atoms with van der Waals surface area (Å²) in [4.78, 5) is 24.6. The maximum Gasteiger partial charge on any atom is 0.337 e. The lowest BCUT2D eigenvalue weighted by atomic mass is 10.1. The molecule has 110 valence electrons. The Labute approximate surface area is 116 Å². The van der Waals surface area contributed by atoms with Gasteiger partial charge in [0.1, 0.15) is 5.75 Å². The van der Waals surface area contributed by atoms with Crippen molar-refractivity contribution in [3.05, 3.63) is 23.8 Å². The number of carbonyl (C=O) groups excluding carboxylic acids is 1. The van der Waals surface area contributed by atoms with Crippen molar-refractivity contribution in [3.63, 3.8) is 0 Å². The van der Waals surface area contributed by atoms with Crippen molar-refractivity contribution in [1.29, 1.82) is 0 Å². The predicted molar refractivity (Wildman–Crippen MR) is 73.2 cm³/mol. The average Bonchev–Trinajstić information content (AvgIpc) is 2.41. The third-order valence-electron chi connectivity index (χ3n) is 2.71. The minimum absolute atomic E-state index is 0.135. The molecule has 20 heavy (non-hydrogen) atoms. The van der Waals surface area contributed by atoms with E-state index in [0.29, 0.717) is 19.7 Å². The molecule has 2 amide bonds. The lowest BCUT2D eigenvalue weighted by Gasteiger charge is -2.21. The number of nitrogens with zero attached hydrogens (tertiary/aromatic N) is 1. The van der Waals surface area contributed by atoms with Gasteiger partial charge in [0.05, 0.1) is 17.9 Å². The number of likely N-dealkylation sites (N-methyl/N-ethyl adjacent to an activating group) is 1. The zero-order chi connectivity index (χ0) is 15.1. The first-order valence-corrected chi connectivity index (χ1v) is 6.10. The number of hydrogen-bond acceptors (Lipinski definition) is 4. The number of anilines is 1. The fourth-order valence-electron chi connectivity index (χ4n) is 1.62. The molecule has 0 radical (unpaired) electrons. The molecule has 0 saturated heterocycles. The SMILES string of the molecule is CCN(CCOC)C(=O)Nc1ccc(O)cc1C(=O)O. The maximum absolute atomic E-state index is 12.0. The van der Waals surface area contributed by atoms with E-state index in [0.717, 1.165) is 6.07 Å². The number of methoxy groups -OCH3 is 1. The van der Waals surface area contributed by atoms with E-state index >= 15 is 0 Å². The van der Waals surface area contributed by atoms with Gasteiger partial charge in [0.15, 0.2) is 0 Å². The summed E-state index contributed by atoms with van der Waals surface area (Å²) >= 11 is 0. The first-order valence-electron chi connectivity index (χ1n) is 6.10. The van der Waals surface area contributed by atoms with Crippen molar-refractivity contribution in [2.45, 2.75) is 6.92 Å². The Morgan fingerprint density at radius 3 is 2.65 bits per heavy atom. The van der Waals surface area contributed by atoms with Crippen molar-refractivity contribution < 1.29 is 24.5 Å². The van der Waals surface area contributed by atoms with Gasteiger partial charge in [0.2, 0.25) is 0 Å². The number of phenols is 1. The molecule has 0 aliphatic rings.